The highest BCUT2D eigenvalue weighted by Crippen LogP contribution is 2.18. The van der Waals surface area contributed by atoms with Crippen molar-refractivity contribution < 1.29 is 9.72 Å². The molecule has 0 spiro atoms. The monoisotopic (exact) mass is 373 g/mol. The third-order valence-electron chi connectivity index (χ3n) is 3.68. The highest BCUT2D eigenvalue weighted by Gasteiger charge is 2.19. The molecule has 1 aromatic heterocycles. The van der Waals surface area contributed by atoms with E-state index in [0.29, 0.717) is 31.1 Å². The molecule has 0 saturated carbocycles. The summed E-state index contributed by atoms with van der Waals surface area (Å²) in [6, 6.07) is 1.32. The van der Waals surface area contributed by atoms with Gasteiger partial charge in [-0.05, 0) is 25.2 Å². The Bertz CT molecular complexity index is 586. The Hall–Kier alpha value is -2.09. The molecule has 0 aliphatic carbocycles. The molecule has 0 aliphatic heterocycles. The van der Waals surface area contributed by atoms with Gasteiger partial charge >= 0.3 is 0 Å². The molecule has 1 rings (SSSR count). The van der Waals surface area contributed by atoms with Crippen LogP contribution in [0.25, 0.3) is 0 Å². The van der Waals surface area contributed by atoms with E-state index < -0.39 is 4.92 Å². The number of nitrogens with zero attached hydrogens (tertiary/aromatic N) is 2. The summed E-state index contributed by atoms with van der Waals surface area (Å²) in [6.07, 6.45) is 5.31. The van der Waals surface area contributed by atoms with Crippen molar-refractivity contribution >= 4 is 29.8 Å². The minimum Gasteiger partial charge on any atom is -0.388 e. The van der Waals surface area contributed by atoms with Crippen LogP contribution in [0.4, 0.5) is 5.69 Å². The zero-order valence-corrected chi connectivity index (χ0v) is 15.6. The van der Waals surface area contributed by atoms with Crippen LogP contribution >= 0.6 is 12.4 Å². The molecule has 4 N–H and O–H groups in total. The minimum atomic E-state index is -0.482. The first-order valence-corrected chi connectivity index (χ1v) is 8.27. The molecule has 1 amide bonds. The second-order valence-corrected chi connectivity index (χ2v) is 6.31. The Morgan fingerprint density at radius 2 is 2.08 bits per heavy atom. The van der Waals surface area contributed by atoms with Crippen molar-refractivity contribution in [1.82, 2.24) is 9.88 Å². The number of nitro groups is 1. The van der Waals surface area contributed by atoms with Gasteiger partial charge in [0.1, 0.15) is 5.69 Å². The molecule has 0 radical (unpaired) electrons. The number of hydrogen-bond donors (Lipinski definition) is 3. The molecule has 1 aromatic rings. The smallest absolute Gasteiger partial charge is 0.287 e. The lowest BCUT2D eigenvalue weighted by Crippen LogP contribution is -2.27. The maximum atomic E-state index is 12.3. The van der Waals surface area contributed by atoms with Crippen molar-refractivity contribution in [2.24, 2.45) is 11.7 Å². The summed E-state index contributed by atoms with van der Waals surface area (Å²) < 4.78 is 1.66. The molecule has 0 aromatic carbocycles. The lowest BCUT2D eigenvalue weighted by molar-refractivity contribution is -0.384. The predicted molar refractivity (Wildman–Crippen MR) is 101 cm³/mol. The molecular formula is C16H28ClN5O3. The number of carbonyl (C=O) groups is 1. The van der Waals surface area contributed by atoms with Gasteiger partial charge in [-0.1, -0.05) is 20.3 Å². The fourth-order valence-electron chi connectivity index (χ4n) is 2.28. The summed E-state index contributed by atoms with van der Waals surface area (Å²) in [7, 11) is 0. The standard InChI is InChI=1S/C16H27N5O3.ClH/c1-12(2)7-9-20-11-13(21(23)24)10-14(20)16(22)19-8-5-3-4-6-15(17)18;/h10-12H,3-9H2,1-2H3,(H3,17,18)(H,19,22);1H. The fourth-order valence-corrected chi connectivity index (χ4v) is 2.28. The van der Waals surface area contributed by atoms with Crippen LogP contribution in [0.5, 0.6) is 0 Å². The van der Waals surface area contributed by atoms with Crippen molar-refractivity contribution in [3.8, 4) is 0 Å². The number of nitrogens with one attached hydrogen (secondary N) is 2. The maximum Gasteiger partial charge on any atom is 0.287 e. The van der Waals surface area contributed by atoms with E-state index in [-0.39, 0.29) is 29.8 Å². The van der Waals surface area contributed by atoms with Gasteiger partial charge in [0.25, 0.3) is 11.6 Å². The molecule has 0 saturated heterocycles. The summed E-state index contributed by atoms with van der Waals surface area (Å²) in [5, 5.41) is 20.9. The number of unbranched alkanes of at least 4 members (excludes halogenated alkanes) is 2. The Kier molecular flexibility index (Phi) is 10.5. The van der Waals surface area contributed by atoms with Crippen LogP contribution < -0.4 is 11.1 Å². The van der Waals surface area contributed by atoms with E-state index in [1.54, 1.807) is 4.57 Å². The van der Waals surface area contributed by atoms with Crippen LogP contribution in [0, 0.1) is 21.4 Å². The number of rotatable bonds is 11. The summed E-state index contributed by atoms with van der Waals surface area (Å²) in [4.78, 5) is 22.7. The van der Waals surface area contributed by atoms with E-state index in [9.17, 15) is 14.9 Å². The molecule has 0 atom stereocenters. The van der Waals surface area contributed by atoms with Crippen molar-refractivity contribution in [2.45, 2.75) is 52.5 Å². The van der Waals surface area contributed by atoms with Gasteiger partial charge in [-0.25, -0.2) is 0 Å². The van der Waals surface area contributed by atoms with E-state index >= 15 is 0 Å². The first-order valence-electron chi connectivity index (χ1n) is 8.27. The van der Waals surface area contributed by atoms with Gasteiger partial charge in [-0.15, -0.1) is 12.4 Å². The highest BCUT2D eigenvalue weighted by molar-refractivity contribution is 5.93. The van der Waals surface area contributed by atoms with Gasteiger partial charge in [0.2, 0.25) is 0 Å². The van der Waals surface area contributed by atoms with Gasteiger partial charge in [-0.2, -0.15) is 0 Å². The first-order chi connectivity index (χ1) is 11.3. The van der Waals surface area contributed by atoms with Crippen LogP contribution in [0.1, 0.15) is 56.4 Å². The number of hydrogen-bond acceptors (Lipinski definition) is 4. The number of amides is 1. The third kappa shape index (κ3) is 8.53. The molecule has 0 unspecified atom stereocenters. The lowest BCUT2D eigenvalue weighted by Gasteiger charge is -2.10. The first kappa shape index (κ1) is 22.9. The Morgan fingerprint density at radius 1 is 1.40 bits per heavy atom. The van der Waals surface area contributed by atoms with Crippen LogP contribution in [-0.2, 0) is 6.54 Å². The van der Waals surface area contributed by atoms with E-state index in [0.717, 1.165) is 25.7 Å². The molecule has 0 bridgehead atoms. The van der Waals surface area contributed by atoms with Gasteiger partial charge in [0.15, 0.2) is 0 Å². The summed E-state index contributed by atoms with van der Waals surface area (Å²) in [5.74, 6) is 0.330. The quantitative estimate of drug-likeness (QED) is 0.181. The minimum absolute atomic E-state index is 0. The third-order valence-corrected chi connectivity index (χ3v) is 3.68. The molecule has 0 aliphatic rings. The van der Waals surface area contributed by atoms with E-state index in [1.807, 2.05) is 0 Å². The molecule has 142 valence electrons. The molecule has 25 heavy (non-hydrogen) atoms. The van der Waals surface area contributed by atoms with Crippen LogP contribution in [0.2, 0.25) is 0 Å². The average molecular weight is 374 g/mol. The van der Waals surface area contributed by atoms with Gasteiger partial charge < -0.3 is 15.6 Å². The lowest BCUT2D eigenvalue weighted by atomic mass is 10.1. The molecule has 0 fully saturated rings. The number of nitrogens with two attached hydrogens (primary N) is 1. The second kappa shape index (κ2) is 11.5. The Labute approximate surface area is 154 Å². The van der Waals surface area contributed by atoms with Crippen LogP contribution in [0.15, 0.2) is 12.3 Å². The summed E-state index contributed by atoms with van der Waals surface area (Å²) >= 11 is 0. The SMILES string of the molecule is CC(C)CCn1cc([N+](=O)[O-])cc1C(=O)NCCCCCC(=N)N.Cl. The van der Waals surface area contributed by atoms with Crippen LogP contribution in [-0.4, -0.2) is 27.8 Å². The number of amidine groups is 1. The van der Waals surface area contributed by atoms with Crippen molar-refractivity contribution in [1.29, 1.82) is 5.41 Å². The summed E-state index contributed by atoms with van der Waals surface area (Å²) in [5.41, 5.74) is 5.54. The Balaban J connectivity index is 0.00000576. The zero-order valence-electron chi connectivity index (χ0n) is 14.8. The number of aromatic nitrogens is 1. The molecule has 8 nitrogen and oxygen atoms in total. The van der Waals surface area contributed by atoms with E-state index in [2.05, 4.69) is 19.2 Å². The number of aryl methyl sites for hydroxylation is 1. The van der Waals surface area contributed by atoms with Crippen molar-refractivity contribution in [3.05, 3.63) is 28.1 Å². The Morgan fingerprint density at radius 3 is 2.64 bits per heavy atom. The largest absolute Gasteiger partial charge is 0.388 e. The zero-order chi connectivity index (χ0) is 18.1. The van der Waals surface area contributed by atoms with Gasteiger partial charge in [0, 0.05) is 25.6 Å². The van der Waals surface area contributed by atoms with Crippen molar-refractivity contribution in [3.63, 3.8) is 0 Å². The van der Waals surface area contributed by atoms with E-state index in [1.165, 1.54) is 12.3 Å². The predicted octanol–water partition coefficient (Wildman–Crippen LogP) is 3.09. The summed E-state index contributed by atoms with van der Waals surface area (Å²) in [6.45, 7) is 5.21. The van der Waals surface area contributed by atoms with Crippen LogP contribution in [0.3, 0.4) is 0 Å². The van der Waals surface area contributed by atoms with Gasteiger partial charge in [-0.3, -0.25) is 20.3 Å². The number of halogens is 1. The average Bonchev–Trinajstić information content (AvgIpc) is 2.92. The van der Waals surface area contributed by atoms with E-state index in [4.69, 9.17) is 11.1 Å². The second-order valence-electron chi connectivity index (χ2n) is 6.31. The van der Waals surface area contributed by atoms with Crippen molar-refractivity contribution in [2.75, 3.05) is 6.54 Å². The number of carbonyl (C=O) groups excluding carboxylic acids is 1. The van der Waals surface area contributed by atoms with Gasteiger partial charge in [0.05, 0.1) is 17.0 Å². The molecule has 1 heterocycles. The topological polar surface area (TPSA) is 127 Å². The molecule has 9 heteroatoms. The highest BCUT2D eigenvalue weighted by atomic mass is 35.5. The fraction of sp³-hybridized carbons (Fsp3) is 0.625. The maximum absolute atomic E-state index is 12.3. The normalized spacial score (nSPS) is 10.4. The molecular weight excluding hydrogens is 346 g/mol.